The molecular formula is C9H14N4O3S. The zero-order valence-corrected chi connectivity index (χ0v) is 10.0. The van der Waals surface area contributed by atoms with Crippen molar-refractivity contribution in [3.05, 3.63) is 18.2 Å². The van der Waals surface area contributed by atoms with Gasteiger partial charge in [0, 0.05) is 0 Å². The molecule has 0 aliphatic rings. The van der Waals surface area contributed by atoms with Crippen molar-refractivity contribution >= 4 is 27.3 Å². The average molecular weight is 258 g/mol. The molecule has 0 atom stereocenters. The van der Waals surface area contributed by atoms with Crippen molar-refractivity contribution in [2.75, 3.05) is 24.6 Å². The number of primary amides is 1. The smallest absolute Gasteiger partial charge is 0.240 e. The molecule has 94 valence electrons. The fourth-order valence-electron chi connectivity index (χ4n) is 1.16. The Kier molecular flexibility index (Phi) is 3.92. The molecule has 0 aliphatic heterocycles. The van der Waals surface area contributed by atoms with E-state index < -0.39 is 15.9 Å². The second kappa shape index (κ2) is 5.02. The normalized spacial score (nSPS) is 11.1. The Bertz CT molecular complexity index is 527. The Hall–Kier alpha value is -1.80. The molecule has 1 rings (SSSR count). The first-order chi connectivity index (χ1) is 7.86. The summed E-state index contributed by atoms with van der Waals surface area (Å²) in [6, 6.07) is 4.15. The van der Waals surface area contributed by atoms with Crippen molar-refractivity contribution in [1.29, 1.82) is 0 Å². The van der Waals surface area contributed by atoms with Gasteiger partial charge in [-0.15, -0.1) is 0 Å². The number of hydrogen-bond donors (Lipinski definition) is 4. The van der Waals surface area contributed by atoms with Crippen LogP contribution in [0.3, 0.4) is 0 Å². The summed E-state index contributed by atoms with van der Waals surface area (Å²) in [5.41, 5.74) is 11.3. The molecule has 8 heteroatoms. The van der Waals surface area contributed by atoms with Gasteiger partial charge < -0.3 is 16.8 Å². The zero-order valence-electron chi connectivity index (χ0n) is 9.23. The first-order valence-corrected chi connectivity index (χ1v) is 6.20. The van der Waals surface area contributed by atoms with Crippen LogP contribution < -0.4 is 21.5 Å². The highest BCUT2D eigenvalue weighted by Gasteiger charge is 2.13. The Labute approximate surface area is 99.2 Å². The van der Waals surface area contributed by atoms with E-state index in [9.17, 15) is 13.2 Å². The molecule has 0 bridgehead atoms. The van der Waals surface area contributed by atoms with Crippen LogP contribution >= 0.6 is 0 Å². The molecule has 0 aliphatic carbocycles. The minimum atomic E-state index is -3.54. The van der Waals surface area contributed by atoms with Crippen LogP contribution in [0.4, 0.5) is 11.4 Å². The van der Waals surface area contributed by atoms with Gasteiger partial charge in [-0.05, 0) is 25.2 Å². The van der Waals surface area contributed by atoms with Crippen molar-refractivity contribution in [1.82, 2.24) is 4.72 Å². The molecule has 0 spiro atoms. The topological polar surface area (TPSA) is 127 Å². The lowest BCUT2D eigenvalue weighted by molar-refractivity contribution is -0.116. The van der Waals surface area contributed by atoms with E-state index in [0.29, 0.717) is 11.4 Å². The second-order valence-electron chi connectivity index (χ2n) is 3.28. The Morgan fingerprint density at radius 2 is 2.06 bits per heavy atom. The Morgan fingerprint density at radius 3 is 2.59 bits per heavy atom. The Balaban J connectivity index is 3.07. The number of nitrogen functional groups attached to an aromatic ring is 1. The number of benzene rings is 1. The minimum Gasteiger partial charge on any atom is -0.397 e. The number of carbonyl (C=O) groups is 1. The standard InChI is InChI=1S/C9H14N4O3S/c1-12-17(15,16)6-2-3-7(10)8(4-6)13-5-9(11)14/h2-4,12-13H,5,10H2,1H3,(H2,11,14). The third kappa shape index (κ3) is 3.33. The molecular weight excluding hydrogens is 244 g/mol. The Morgan fingerprint density at radius 1 is 1.41 bits per heavy atom. The molecule has 1 aromatic rings. The molecule has 1 amide bonds. The number of amides is 1. The molecule has 0 saturated carbocycles. The van der Waals surface area contributed by atoms with Gasteiger partial charge in [0.15, 0.2) is 0 Å². The number of hydrogen-bond acceptors (Lipinski definition) is 5. The van der Waals surface area contributed by atoms with Gasteiger partial charge in [0.1, 0.15) is 0 Å². The lowest BCUT2D eigenvalue weighted by Gasteiger charge is -2.10. The van der Waals surface area contributed by atoms with E-state index in [-0.39, 0.29) is 11.4 Å². The SMILES string of the molecule is CNS(=O)(=O)c1ccc(N)c(NCC(N)=O)c1. The summed E-state index contributed by atoms with van der Waals surface area (Å²) < 4.78 is 25.2. The zero-order chi connectivity index (χ0) is 13.1. The molecule has 0 aromatic heterocycles. The molecule has 7 nitrogen and oxygen atoms in total. The van der Waals surface area contributed by atoms with E-state index in [1.54, 1.807) is 0 Å². The number of carbonyl (C=O) groups excluding carboxylic acids is 1. The van der Waals surface area contributed by atoms with Gasteiger partial charge in [-0.1, -0.05) is 0 Å². The van der Waals surface area contributed by atoms with Gasteiger partial charge in [0.2, 0.25) is 15.9 Å². The van der Waals surface area contributed by atoms with E-state index in [2.05, 4.69) is 10.0 Å². The van der Waals surface area contributed by atoms with Crippen LogP contribution in [0.25, 0.3) is 0 Å². The second-order valence-corrected chi connectivity index (χ2v) is 5.16. The van der Waals surface area contributed by atoms with E-state index >= 15 is 0 Å². The number of sulfonamides is 1. The number of nitrogens with two attached hydrogens (primary N) is 2. The van der Waals surface area contributed by atoms with Gasteiger partial charge in [0.25, 0.3) is 0 Å². The van der Waals surface area contributed by atoms with E-state index in [0.717, 1.165) is 0 Å². The predicted octanol–water partition coefficient (Wildman–Crippen LogP) is -0.926. The molecule has 1 aromatic carbocycles. The van der Waals surface area contributed by atoms with Crippen molar-refractivity contribution in [3.8, 4) is 0 Å². The molecule has 0 heterocycles. The van der Waals surface area contributed by atoms with Gasteiger partial charge in [-0.25, -0.2) is 13.1 Å². The third-order valence-corrected chi connectivity index (χ3v) is 3.47. The summed E-state index contributed by atoms with van der Waals surface area (Å²) in [5.74, 6) is -0.564. The summed E-state index contributed by atoms with van der Waals surface area (Å²) in [5, 5.41) is 2.66. The fraction of sp³-hybridized carbons (Fsp3) is 0.222. The van der Waals surface area contributed by atoms with Crippen LogP contribution in [0.15, 0.2) is 23.1 Å². The van der Waals surface area contributed by atoms with E-state index in [4.69, 9.17) is 11.5 Å². The van der Waals surface area contributed by atoms with Crippen molar-refractivity contribution in [2.45, 2.75) is 4.90 Å². The maximum absolute atomic E-state index is 11.5. The predicted molar refractivity (Wildman–Crippen MR) is 64.8 cm³/mol. The maximum atomic E-state index is 11.5. The van der Waals surface area contributed by atoms with Gasteiger partial charge in [0.05, 0.1) is 22.8 Å². The number of anilines is 2. The third-order valence-electron chi connectivity index (χ3n) is 2.06. The van der Waals surface area contributed by atoms with Gasteiger partial charge >= 0.3 is 0 Å². The van der Waals surface area contributed by atoms with Crippen molar-refractivity contribution in [3.63, 3.8) is 0 Å². The molecule has 6 N–H and O–H groups in total. The lowest BCUT2D eigenvalue weighted by atomic mass is 10.2. The number of nitrogens with one attached hydrogen (secondary N) is 2. The van der Waals surface area contributed by atoms with Crippen LogP contribution in [0.5, 0.6) is 0 Å². The first kappa shape index (κ1) is 13.3. The molecule has 0 radical (unpaired) electrons. The highest BCUT2D eigenvalue weighted by Crippen LogP contribution is 2.22. The van der Waals surface area contributed by atoms with Gasteiger partial charge in [-0.2, -0.15) is 0 Å². The summed E-state index contributed by atoms with van der Waals surface area (Å²) in [6.07, 6.45) is 0. The highest BCUT2D eigenvalue weighted by molar-refractivity contribution is 7.89. The highest BCUT2D eigenvalue weighted by atomic mass is 32.2. The van der Waals surface area contributed by atoms with Crippen molar-refractivity contribution < 1.29 is 13.2 Å². The monoisotopic (exact) mass is 258 g/mol. The van der Waals surface area contributed by atoms with Crippen LogP contribution in [-0.4, -0.2) is 27.9 Å². The largest absolute Gasteiger partial charge is 0.397 e. The van der Waals surface area contributed by atoms with Crippen molar-refractivity contribution in [2.24, 2.45) is 5.73 Å². The first-order valence-electron chi connectivity index (χ1n) is 4.72. The summed E-state index contributed by atoms with van der Waals surface area (Å²) in [4.78, 5) is 10.7. The number of rotatable bonds is 5. The van der Waals surface area contributed by atoms with E-state index in [1.165, 1.54) is 25.2 Å². The van der Waals surface area contributed by atoms with Crippen LogP contribution in [0, 0.1) is 0 Å². The van der Waals surface area contributed by atoms with Crippen LogP contribution in [-0.2, 0) is 14.8 Å². The molecule has 0 saturated heterocycles. The molecule has 0 fully saturated rings. The van der Waals surface area contributed by atoms with Crippen LogP contribution in [0.2, 0.25) is 0 Å². The summed E-state index contributed by atoms with van der Waals surface area (Å²) in [7, 11) is -2.23. The quantitative estimate of drug-likeness (QED) is 0.508. The summed E-state index contributed by atoms with van der Waals surface area (Å²) >= 11 is 0. The molecule has 0 unspecified atom stereocenters. The maximum Gasteiger partial charge on any atom is 0.240 e. The summed E-state index contributed by atoms with van der Waals surface area (Å²) in [6.45, 7) is -0.118. The van der Waals surface area contributed by atoms with E-state index in [1.807, 2.05) is 0 Å². The average Bonchev–Trinajstić information content (AvgIpc) is 2.27. The van der Waals surface area contributed by atoms with Crippen LogP contribution in [0.1, 0.15) is 0 Å². The fourth-order valence-corrected chi connectivity index (χ4v) is 1.91. The van der Waals surface area contributed by atoms with Gasteiger partial charge in [-0.3, -0.25) is 4.79 Å². The minimum absolute atomic E-state index is 0.0566. The lowest BCUT2D eigenvalue weighted by Crippen LogP contribution is -2.23. The molecule has 17 heavy (non-hydrogen) atoms.